The summed E-state index contributed by atoms with van der Waals surface area (Å²) < 4.78 is 0. The molecule has 102 valence electrons. The minimum Gasteiger partial charge on any atom is -0.335 e. The maximum atomic E-state index is 12.2. The van der Waals surface area contributed by atoms with E-state index in [9.17, 15) is 4.79 Å². The van der Waals surface area contributed by atoms with Crippen LogP contribution in [0.5, 0.6) is 0 Å². The molecule has 1 amide bonds. The number of fused-ring (bicyclic) bond motifs is 1. The molecule has 1 aromatic rings. The van der Waals surface area contributed by atoms with Crippen molar-refractivity contribution in [3.8, 4) is 0 Å². The number of hydrogen-bond acceptors (Lipinski definition) is 3. The number of carbonyl (C=O) groups excluding carboxylic acids is 1. The smallest absolute Gasteiger partial charge is 0.264 e. The van der Waals surface area contributed by atoms with Crippen LogP contribution in [0.15, 0.2) is 17.5 Å². The van der Waals surface area contributed by atoms with Gasteiger partial charge in [-0.25, -0.2) is 0 Å². The number of hydrogen-bond donors (Lipinski definition) is 0. The number of nitrogens with zero attached hydrogens (tertiary/aromatic N) is 2. The van der Waals surface area contributed by atoms with Crippen LogP contribution >= 0.6 is 11.3 Å². The third kappa shape index (κ3) is 2.01. The van der Waals surface area contributed by atoms with Gasteiger partial charge in [-0.3, -0.25) is 9.69 Å². The third-order valence-corrected chi connectivity index (χ3v) is 6.01. The highest BCUT2D eigenvalue weighted by Gasteiger charge is 2.43. The Bertz CT molecular complexity index is 454. The summed E-state index contributed by atoms with van der Waals surface area (Å²) in [6.45, 7) is 4.46. The van der Waals surface area contributed by atoms with Gasteiger partial charge < -0.3 is 4.90 Å². The van der Waals surface area contributed by atoms with Crippen LogP contribution in [-0.2, 0) is 0 Å². The van der Waals surface area contributed by atoms with Crippen LogP contribution in [0.2, 0.25) is 0 Å². The number of carbonyl (C=O) groups is 1. The molecule has 1 saturated carbocycles. The zero-order chi connectivity index (χ0) is 12.8. The van der Waals surface area contributed by atoms with E-state index in [1.54, 1.807) is 11.3 Å². The molecule has 2 atom stereocenters. The highest BCUT2D eigenvalue weighted by atomic mass is 32.1. The molecule has 0 radical (unpaired) electrons. The molecule has 0 N–H and O–H groups in total. The molecule has 3 heterocycles. The first-order valence-electron chi connectivity index (χ1n) is 7.38. The summed E-state index contributed by atoms with van der Waals surface area (Å²) in [4.78, 5) is 17.7. The zero-order valence-electron chi connectivity index (χ0n) is 11.1. The molecule has 3 fully saturated rings. The van der Waals surface area contributed by atoms with E-state index in [-0.39, 0.29) is 5.91 Å². The predicted molar refractivity (Wildman–Crippen MR) is 76.4 cm³/mol. The Morgan fingerprint density at radius 1 is 1.16 bits per heavy atom. The summed E-state index contributed by atoms with van der Waals surface area (Å²) in [7, 11) is 0. The summed E-state index contributed by atoms with van der Waals surface area (Å²) in [5, 5.41) is 1.98. The van der Waals surface area contributed by atoms with Gasteiger partial charge in [-0.15, -0.1) is 11.3 Å². The van der Waals surface area contributed by atoms with Crippen LogP contribution in [0, 0.1) is 11.8 Å². The van der Waals surface area contributed by atoms with Gasteiger partial charge in [0.05, 0.1) is 4.88 Å². The Balaban J connectivity index is 1.32. The second-order valence-corrected chi connectivity index (χ2v) is 7.19. The molecule has 19 heavy (non-hydrogen) atoms. The maximum Gasteiger partial charge on any atom is 0.264 e. The number of amides is 1. The quantitative estimate of drug-likeness (QED) is 0.827. The highest BCUT2D eigenvalue weighted by Crippen LogP contribution is 2.39. The van der Waals surface area contributed by atoms with E-state index in [1.165, 1.54) is 32.4 Å². The van der Waals surface area contributed by atoms with E-state index in [1.807, 2.05) is 22.4 Å². The van der Waals surface area contributed by atoms with Gasteiger partial charge in [0.25, 0.3) is 5.91 Å². The van der Waals surface area contributed by atoms with Crippen molar-refractivity contribution in [1.29, 1.82) is 0 Å². The number of rotatable bonds is 2. The van der Waals surface area contributed by atoms with Crippen LogP contribution in [0.1, 0.15) is 28.9 Å². The van der Waals surface area contributed by atoms with Crippen molar-refractivity contribution in [1.82, 2.24) is 9.80 Å². The summed E-state index contributed by atoms with van der Waals surface area (Å²) in [6, 6.07) is 4.52. The van der Waals surface area contributed by atoms with Gasteiger partial charge in [0.15, 0.2) is 0 Å². The van der Waals surface area contributed by atoms with Crippen molar-refractivity contribution >= 4 is 17.2 Å². The van der Waals surface area contributed by atoms with Gasteiger partial charge in [-0.1, -0.05) is 12.5 Å². The molecule has 2 aliphatic heterocycles. The van der Waals surface area contributed by atoms with E-state index in [0.717, 1.165) is 29.8 Å². The summed E-state index contributed by atoms with van der Waals surface area (Å²) in [5.41, 5.74) is 0. The van der Waals surface area contributed by atoms with Crippen molar-refractivity contribution < 1.29 is 4.79 Å². The molecule has 1 aliphatic carbocycles. The lowest BCUT2D eigenvalue weighted by Crippen LogP contribution is -2.60. The monoisotopic (exact) mass is 276 g/mol. The minimum absolute atomic E-state index is 0.227. The first-order valence-corrected chi connectivity index (χ1v) is 8.26. The van der Waals surface area contributed by atoms with Crippen molar-refractivity contribution in [3.63, 3.8) is 0 Å². The largest absolute Gasteiger partial charge is 0.335 e. The average molecular weight is 276 g/mol. The Hall–Kier alpha value is -0.870. The fourth-order valence-electron chi connectivity index (χ4n) is 3.98. The predicted octanol–water partition coefficient (Wildman–Crippen LogP) is 2.30. The normalized spacial score (nSPS) is 31.5. The van der Waals surface area contributed by atoms with Crippen LogP contribution in [0.3, 0.4) is 0 Å². The molecule has 0 bridgehead atoms. The number of likely N-dealkylation sites (tertiary alicyclic amines) is 2. The van der Waals surface area contributed by atoms with E-state index < -0.39 is 0 Å². The van der Waals surface area contributed by atoms with Gasteiger partial charge in [-0.05, 0) is 36.1 Å². The van der Waals surface area contributed by atoms with Gasteiger partial charge >= 0.3 is 0 Å². The van der Waals surface area contributed by atoms with Crippen LogP contribution in [-0.4, -0.2) is 47.9 Å². The molecule has 4 rings (SSSR count). The molecular formula is C15H20N2OS. The molecule has 0 aromatic carbocycles. The first kappa shape index (κ1) is 11.9. The molecule has 2 unspecified atom stereocenters. The minimum atomic E-state index is 0.227. The molecule has 3 nitrogen and oxygen atoms in total. The van der Waals surface area contributed by atoms with E-state index >= 15 is 0 Å². The lowest BCUT2D eigenvalue weighted by Gasteiger charge is -2.44. The van der Waals surface area contributed by atoms with E-state index in [4.69, 9.17) is 0 Å². The lowest BCUT2D eigenvalue weighted by atomic mass is 10.0. The van der Waals surface area contributed by atoms with Gasteiger partial charge in [0, 0.05) is 32.2 Å². The Kier molecular flexibility index (Phi) is 2.88. The molecular weight excluding hydrogens is 256 g/mol. The molecule has 4 heteroatoms. The fourth-order valence-corrected chi connectivity index (χ4v) is 4.67. The Labute approximate surface area is 118 Å². The third-order valence-electron chi connectivity index (χ3n) is 5.15. The maximum absolute atomic E-state index is 12.2. The topological polar surface area (TPSA) is 23.6 Å². The van der Waals surface area contributed by atoms with Crippen molar-refractivity contribution in [2.75, 3.05) is 26.2 Å². The van der Waals surface area contributed by atoms with Gasteiger partial charge in [0.1, 0.15) is 0 Å². The van der Waals surface area contributed by atoms with E-state index in [0.29, 0.717) is 6.04 Å². The van der Waals surface area contributed by atoms with Crippen molar-refractivity contribution in [2.24, 2.45) is 11.8 Å². The average Bonchev–Trinajstić information content (AvgIpc) is 3.02. The highest BCUT2D eigenvalue weighted by molar-refractivity contribution is 7.12. The van der Waals surface area contributed by atoms with Crippen LogP contribution in [0.4, 0.5) is 0 Å². The molecule has 0 spiro atoms. The second kappa shape index (κ2) is 4.60. The fraction of sp³-hybridized carbons (Fsp3) is 0.667. The van der Waals surface area contributed by atoms with Crippen molar-refractivity contribution in [2.45, 2.75) is 25.3 Å². The summed E-state index contributed by atoms with van der Waals surface area (Å²) >= 11 is 1.55. The summed E-state index contributed by atoms with van der Waals surface area (Å²) in [5.74, 6) is 2.15. The van der Waals surface area contributed by atoms with Crippen molar-refractivity contribution in [3.05, 3.63) is 22.4 Å². The van der Waals surface area contributed by atoms with Crippen LogP contribution in [0.25, 0.3) is 0 Å². The van der Waals surface area contributed by atoms with Gasteiger partial charge in [-0.2, -0.15) is 0 Å². The lowest BCUT2D eigenvalue weighted by molar-refractivity contribution is 0.0317. The standard InChI is InChI=1S/C15H20N2OS/c18-15(14-5-2-6-19-14)17-9-13(10-17)16-7-11-3-1-4-12(11)8-16/h2,5-6,11-13H,1,3-4,7-10H2. The first-order chi connectivity index (χ1) is 9.31. The van der Waals surface area contributed by atoms with Gasteiger partial charge in [0.2, 0.25) is 0 Å². The Morgan fingerprint density at radius 3 is 2.53 bits per heavy atom. The summed E-state index contributed by atoms with van der Waals surface area (Å²) in [6.07, 6.45) is 4.31. The second-order valence-electron chi connectivity index (χ2n) is 6.25. The molecule has 1 aromatic heterocycles. The SMILES string of the molecule is O=C(c1cccs1)N1CC(N2CC3CCCC3C2)C1. The zero-order valence-corrected chi connectivity index (χ0v) is 11.9. The molecule has 2 saturated heterocycles. The van der Waals surface area contributed by atoms with E-state index in [2.05, 4.69) is 4.90 Å². The Morgan fingerprint density at radius 2 is 1.89 bits per heavy atom. The number of thiophene rings is 1. The van der Waals surface area contributed by atoms with Crippen LogP contribution < -0.4 is 0 Å². The molecule has 3 aliphatic rings.